The van der Waals surface area contributed by atoms with E-state index in [-0.39, 0.29) is 23.7 Å². The smallest absolute Gasteiger partial charge is 0.228 e. The molecule has 3 fully saturated rings. The standard InChI is InChI=1S/C20H26N2O4/c1-2-14-3-5-15(6-4-14)21-18(23)16-13-17(16)19(24)22-9-7-20(8-10-22)25-11-12-26-20/h3-6,16-17H,2,7-13H2,1H3,(H,21,23). The number of nitrogens with zero attached hydrogens (tertiary/aromatic N) is 1. The molecule has 1 aromatic carbocycles. The third-order valence-electron chi connectivity index (χ3n) is 5.72. The molecule has 6 nitrogen and oxygen atoms in total. The number of carbonyl (C=O) groups excluding carboxylic acids is 2. The Labute approximate surface area is 153 Å². The maximum atomic E-state index is 12.7. The molecule has 2 saturated heterocycles. The molecule has 1 N–H and O–H groups in total. The first kappa shape index (κ1) is 17.5. The lowest BCUT2D eigenvalue weighted by Gasteiger charge is -2.37. The van der Waals surface area contributed by atoms with E-state index in [9.17, 15) is 9.59 Å². The van der Waals surface area contributed by atoms with Gasteiger partial charge < -0.3 is 19.7 Å². The maximum Gasteiger partial charge on any atom is 0.228 e. The van der Waals surface area contributed by atoms with Crippen LogP contribution < -0.4 is 5.32 Å². The highest BCUT2D eigenvalue weighted by atomic mass is 16.7. The second-order valence-corrected chi connectivity index (χ2v) is 7.42. The number of anilines is 1. The van der Waals surface area contributed by atoms with Crippen LogP contribution in [0, 0.1) is 11.8 Å². The number of piperidine rings is 1. The molecule has 2 unspecified atom stereocenters. The highest BCUT2D eigenvalue weighted by Gasteiger charge is 2.51. The van der Waals surface area contributed by atoms with Gasteiger partial charge >= 0.3 is 0 Å². The first-order valence-electron chi connectivity index (χ1n) is 9.57. The lowest BCUT2D eigenvalue weighted by atomic mass is 10.0. The molecule has 2 aliphatic heterocycles. The fourth-order valence-electron chi connectivity index (χ4n) is 3.90. The number of hydrogen-bond donors (Lipinski definition) is 1. The van der Waals surface area contributed by atoms with Gasteiger partial charge in [0.25, 0.3) is 0 Å². The van der Waals surface area contributed by atoms with E-state index in [1.165, 1.54) is 5.56 Å². The van der Waals surface area contributed by atoms with Crippen molar-refractivity contribution in [3.8, 4) is 0 Å². The molecule has 1 aliphatic carbocycles. The molecule has 140 valence electrons. The van der Waals surface area contributed by atoms with Gasteiger partial charge in [-0.3, -0.25) is 9.59 Å². The summed E-state index contributed by atoms with van der Waals surface area (Å²) in [6, 6.07) is 7.87. The van der Waals surface area contributed by atoms with Gasteiger partial charge in [-0.1, -0.05) is 19.1 Å². The summed E-state index contributed by atoms with van der Waals surface area (Å²) in [4.78, 5) is 27.0. The second-order valence-electron chi connectivity index (χ2n) is 7.42. The summed E-state index contributed by atoms with van der Waals surface area (Å²) < 4.78 is 11.4. The van der Waals surface area contributed by atoms with Crippen LogP contribution in [-0.4, -0.2) is 48.8 Å². The quantitative estimate of drug-likeness (QED) is 0.896. The van der Waals surface area contributed by atoms with Crippen molar-refractivity contribution in [1.82, 2.24) is 4.90 Å². The molecule has 0 bridgehead atoms. The van der Waals surface area contributed by atoms with E-state index in [0.717, 1.165) is 12.1 Å². The van der Waals surface area contributed by atoms with Gasteiger partial charge in [-0.15, -0.1) is 0 Å². The molecule has 6 heteroatoms. The number of ether oxygens (including phenoxy) is 2. The number of nitrogens with one attached hydrogen (secondary N) is 1. The van der Waals surface area contributed by atoms with Gasteiger partial charge in [-0.05, 0) is 30.5 Å². The monoisotopic (exact) mass is 358 g/mol. The van der Waals surface area contributed by atoms with E-state index >= 15 is 0 Å². The van der Waals surface area contributed by atoms with Crippen LogP contribution in [0.15, 0.2) is 24.3 Å². The molecule has 1 saturated carbocycles. The molecular weight excluding hydrogens is 332 g/mol. The number of amides is 2. The van der Waals surface area contributed by atoms with Crippen molar-refractivity contribution < 1.29 is 19.1 Å². The summed E-state index contributed by atoms with van der Waals surface area (Å²) in [6.45, 7) is 4.65. The minimum absolute atomic E-state index is 0.0523. The molecule has 4 rings (SSSR count). The lowest BCUT2D eigenvalue weighted by molar-refractivity contribution is -0.187. The summed E-state index contributed by atoms with van der Waals surface area (Å²) in [7, 11) is 0. The Balaban J connectivity index is 1.27. The first-order valence-corrected chi connectivity index (χ1v) is 9.57. The number of rotatable bonds is 4. The number of aryl methyl sites for hydroxylation is 1. The van der Waals surface area contributed by atoms with Gasteiger partial charge in [-0.2, -0.15) is 0 Å². The van der Waals surface area contributed by atoms with Gasteiger partial charge in [-0.25, -0.2) is 0 Å². The molecule has 3 aliphatic rings. The highest BCUT2D eigenvalue weighted by molar-refractivity contribution is 5.99. The SMILES string of the molecule is CCc1ccc(NC(=O)C2CC2C(=O)N2CCC3(CC2)OCCO3)cc1. The van der Waals surface area contributed by atoms with Gasteiger partial charge in [0, 0.05) is 31.6 Å². The zero-order valence-corrected chi connectivity index (χ0v) is 15.2. The highest BCUT2D eigenvalue weighted by Crippen LogP contribution is 2.42. The topological polar surface area (TPSA) is 67.9 Å². The number of hydrogen-bond acceptors (Lipinski definition) is 4. The van der Waals surface area contributed by atoms with Gasteiger partial charge in [0.05, 0.1) is 25.0 Å². The summed E-state index contributed by atoms with van der Waals surface area (Å²) >= 11 is 0. The Hall–Kier alpha value is -1.92. The Kier molecular flexibility index (Phi) is 4.71. The number of benzene rings is 1. The van der Waals surface area contributed by atoms with Crippen molar-refractivity contribution in [2.45, 2.75) is 38.4 Å². The lowest BCUT2D eigenvalue weighted by Crippen LogP contribution is -2.48. The molecular formula is C20H26N2O4. The average molecular weight is 358 g/mol. The molecule has 2 heterocycles. The van der Waals surface area contributed by atoms with Crippen LogP contribution in [0.4, 0.5) is 5.69 Å². The summed E-state index contributed by atoms with van der Waals surface area (Å²) in [6.07, 6.45) is 3.05. The van der Waals surface area contributed by atoms with Crippen LogP contribution in [0.3, 0.4) is 0 Å². The molecule has 1 spiro atoms. The summed E-state index contributed by atoms with van der Waals surface area (Å²) in [5.74, 6) is -0.808. The predicted octanol–water partition coefficient (Wildman–Crippen LogP) is 2.19. The molecule has 0 radical (unpaired) electrons. The number of likely N-dealkylation sites (tertiary alicyclic amines) is 1. The Morgan fingerprint density at radius 3 is 2.38 bits per heavy atom. The van der Waals surface area contributed by atoms with Crippen LogP contribution in [0.5, 0.6) is 0 Å². The Bertz CT molecular complexity index is 672. The first-order chi connectivity index (χ1) is 12.6. The van der Waals surface area contributed by atoms with E-state index in [1.807, 2.05) is 29.2 Å². The Morgan fingerprint density at radius 1 is 1.12 bits per heavy atom. The van der Waals surface area contributed by atoms with E-state index in [0.29, 0.717) is 45.6 Å². The van der Waals surface area contributed by atoms with Crippen molar-refractivity contribution in [1.29, 1.82) is 0 Å². The van der Waals surface area contributed by atoms with Gasteiger partial charge in [0.2, 0.25) is 11.8 Å². The van der Waals surface area contributed by atoms with Crippen LogP contribution in [0.1, 0.15) is 31.7 Å². The largest absolute Gasteiger partial charge is 0.347 e. The summed E-state index contributed by atoms with van der Waals surface area (Å²) in [5.41, 5.74) is 2.03. The fourth-order valence-corrected chi connectivity index (χ4v) is 3.90. The predicted molar refractivity (Wildman–Crippen MR) is 96.5 cm³/mol. The third-order valence-corrected chi connectivity index (χ3v) is 5.72. The summed E-state index contributed by atoms with van der Waals surface area (Å²) in [5, 5.41) is 2.93. The Morgan fingerprint density at radius 2 is 1.77 bits per heavy atom. The van der Waals surface area contributed by atoms with Gasteiger partial charge in [0.1, 0.15) is 0 Å². The normalized spacial score (nSPS) is 26.7. The third kappa shape index (κ3) is 3.48. The van der Waals surface area contributed by atoms with E-state index in [4.69, 9.17) is 9.47 Å². The van der Waals surface area contributed by atoms with Crippen LogP contribution in [0.2, 0.25) is 0 Å². The molecule has 26 heavy (non-hydrogen) atoms. The van der Waals surface area contributed by atoms with Crippen molar-refractivity contribution in [3.05, 3.63) is 29.8 Å². The average Bonchev–Trinajstić information content (AvgIpc) is 3.36. The molecule has 2 amide bonds. The molecule has 1 aromatic rings. The molecule has 2 atom stereocenters. The minimum Gasteiger partial charge on any atom is -0.347 e. The van der Waals surface area contributed by atoms with Crippen LogP contribution in [-0.2, 0) is 25.5 Å². The zero-order chi connectivity index (χ0) is 18.1. The minimum atomic E-state index is -0.470. The van der Waals surface area contributed by atoms with E-state index in [2.05, 4.69) is 12.2 Å². The van der Waals surface area contributed by atoms with Crippen molar-refractivity contribution >= 4 is 17.5 Å². The van der Waals surface area contributed by atoms with Crippen molar-refractivity contribution in [3.63, 3.8) is 0 Å². The fraction of sp³-hybridized carbons (Fsp3) is 0.600. The number of carbonyl (C=O) groups is 2. The van der Waals surface area contributed by atoms with E-state index < -0.39 is 5.79 Å². The van der Waals surface area contributed by atoms with Crippen LogP contribution in [0.25, 0.3) is 0 Å². The second kappa shape index (κ2) is 7.00. The zero-order valence-electron chi connectivity index (χ0n) is 15.2. The van der Waals surface area contributed by atoms with Crippen molar-refractivity contribution in [2.24, 2.45) is 11.8 Å². The molecule has 0 aromatic heterocycles. The van der Waals surface area contributed by atoms with Gasteiger partial charge in [0.15, 0.2) is 5.79 Å². The van der Waals surface area contributed by atoms with E-state index in [1.54, 1.807) is 0 Å². The maximum absolute atomic E-state index is 12.7. The van der Waals surface area contributed by atoms with Crippen molar-refractivity contribution in [2.75, 3.05) is 31.6 Å². The van der Waals surface area contributed by atoms with Crippen LogP contribution >= 0.6 is 0 Å².